The van der Waals surface area contributed by atoms with E-state index in [0.717, 1.165) is 19.4 Å². The standard InChI is InChI=1S/C15H22N6O3/c1-10-16-13(24-19-10)7-11-5-4-6-21(8-11)15(22)17-12-9-20(2)18-14(12)23-3/h9,11H,4-8H2,1-3H3,(H,17,22). The van der Waals surface area contributed by atoms with Gasteiger partial charge < -0.3 is 19.5 Å². The molecule has 9 nitrogen and oxygen atoms in total. The van der Waals surface area contributed by atoms with Crippen molar-refractivity contribution in [1.29, 1.82) is 0 Å². The third-order valence-corrected chi connectivity index (χ3v) is 4.07. The highest BCUT2D eigenvalue weighted by molar-refractivity contribution is 5.90. The van der Waals surface area contributed by atoms with E-state index in [0.29, 0.717) is 42.2 Å². The van der Waals surface area contributed by atoms with E-state index >= 15 is 0 Å². The number of nitrogens with zero attached hydrogens (tertiary/aromatic N) is 5. The number of ether oxygens (including phenoxy) is 1. The molecule has 0 radical (unpaired) electrons. The summed E-state index contributed by atoms with van der Waals surface area (Å²) < 4.78 is 12.0. The highest BCUT2D eigenvalue weighted by atomic mass is 16.5. The first-order chi connectivity index (χ1) is 11.5. The van der Waals surface area contributed by atoms with Crippen molar-refractivity contribution in [3.63, 3.8) is 0 Å². The Labute approximate surface area is 140 Å². The Bertz CT molecular complexity index is 710. The molecule has 1 saturated heterocycles. The van der Waals surface area contributed by atoms with Gasteiger partial charge in [0.2, 0.25) is 5.89 Å². The molecule has 2 amide bonds. The highest BCUT2D eigenvalue weighted by Gasteiger charge is 2.26. The molecule has 0 saturated carbocycles. The topological polar surface area (TPSA) is 98.3 Å². The lowest BCUT2D eigenvalue weighted by Gasteiger charge is -2.32. The molecule has 1 unspecified atom stereocenters. The van der Waals surface area contributed by atoms with E-state index in [2.05, 4.69) is 20.6 Å². The number of aromatic nitrogens is 4. The van der Waals surface area contributed by atoms with Crippen LogP contribution < -0.4 is 10.1 Å². The first kappa shape index (κ1) is 16.3. The number of carbonyl (C=O) groups is 1. The number of carbonyl (C=O) groups excluding carboxylic acids is 1. The van der Waals surface area contributed by atoms with E-state index < -0.39 is 0 Å². The number of aryl methyl sites for hydroxylation is 2. The third kappa shape index (κ3) is 3.66. The molecular formula is C15H22N6O3. The minimum atomic E-state index is -0.146. The van der Waals surface area contributed by atoms with Gasteiger partial charge in [-0.25, -0.2) is 4.79 Å². The number of hydrogen-bond acceptors (Lipinski definition) is 6. The molecule has 0 spiro atoms. The van der Waals surface area contributed by atoms with Crippen LogP contribution in [0, 0.1) is 12.8 Å². The number of hydrogen-bond donors (Lipinski definition) is 1. The summed E-state index contributed by atoms with van der Waals surface area (Å²) in [5.74, 6) is 1.99. The first-order valence-electron chi connectivity index (χ1n) is 7.98. The van der Waals surface area contributed by atoms with Crippen molar-refractivity contribution >= 4 is 11.7 Å². The third-order valence-electron chi connectivity index (χ3n) is 4.07. The van der Waals surface area contributed by atoms with Gasteiger partial charge in [-0.05, 0) is 25.7 Å². The first-order valence-corrected chi connectivity index (χ1v) is 7.98. The van der Waals surface area contributed by atoms with Gasteiger partial charge in [0.15, 0.2) is 5.82 Å². The Morgan fingerprint density at radius 1 is 1.54 bits per heavy atom. The average Bonchev–Trinajstić information content (AvgIpc) is 3.12. The van der Waals surface area contributed by atoms with Crippen LogP contribution in [0.25, 0.3) is 0 Å². The molecule has 2 aromatic rings. The van der Waals surface area contributed by atoms with E-state index in [1.807, 2.05) is 4.90 Å². The van der Waals surface area contributed by atoms with Crippen LogP contribution in [0.2, 0.25) is 0 Å². The van der Waals surface area contributed by atoms with E-state index in [4.69, 9.17) is 9.26 Å². The molecule has 1 aliphatic heterocycles. The second-order valence-corrected chi connectivity index (χ2v) is 6.05. The summed E-state index contributed by atoms with van der Waals surface area (Å²) in [5.41, 5.74) is 0.569. The molecule has 3 rings (SSSR count). The number of likely N-dealkylation sites (tertiary alicyclic amines) is 1. The smallest absolute Gasteiger partial charge is 0.322 e. The maximum atomic E-state index is 12.5. The lowest BCUT2D eigenvalue weighted by Crippen LogP contribution is -2.42. The molecule has 1 atom stereocenters. The molecule has 24 heavy (non-hydrogen) atoms. The lowest BCUT2D eigenvalue weighted by atomic mass is 9.95. The molecule has 2 aromatic heterocycles. The average molecular weight is 334 g/mol. The minimum absolute atomic E-state index is 0.146. The van der Waals surface area contributed by atoms with Crippen LogP contribution in [0.5, 0.6) is 5.88 Å². The quantitative estimate of drug-likeness (QED) is 0.912. The minimum Gasteiger partial charge on any atom is -0.478 e. The van der Waals surface area contributed by atoms with Gasteiger partial charge in [0.05, 0.1) is 13.3 Å². The zero-order valence-corrected chi connectivity index (χ0v) is 14.2. The van der Waals surface area contributed by atoms with Crippen molar-refractivity contribution in [3.8, 4) is 5.88 Å². The number of anilines is 1. The molecule has 130 valence electrons. The Hall–Kier alpha value is -2.58. The van der Waals surface area contributed by atoms with Crippen LogP contribution in [0.1, 0.15) is 24.6 Å². The molecule has 1 aliphatic rings. The fraction of sp³-hybridized carbons (Fsp3) is 0.600. The Morgan fingerprint density at radius 3 is 3.08 bits per heavy atom. The van der Waals surface area contributed by atoms with Gasteiger partial charge in [0.25, 0.3) is 5.88 Å². The molecular weight excluding hydrogens is 312 g/mol. The Balaban J connectivity index is 1.60. The normalized spacial score (nSPS) is 17.8. The Kier molecular flexibility index (Phi) is 4.68. The van der Waals surface area contributed by atoms with Crippen LogP contribution >= 0.6 is 0 Å². The van der Waals surface area contributed by atoms with Gasteiger partial charge in [-0.15, -0.1) is 5.10 Å². The van der Waals surface area contributed by atoms with Crippen LogP contribution in [0.4, 0.5) is 10.5 Å². The number of rotatable bonds is 4. The number of methoxy groups -OCH3 is 1. The fourth-order valence-electron chi connectivity index (χ4n) is 2.98. The van der Waals surface area contributed by atoms with Crippen molar-refractivity contribution in [2.75, 3.05) is 25.5 Å². The van der Waals surface area contributed by atoms with Crippen molar-refractivity contribution in [3.05, 3.63) is 17.9 Å². The maximum absolute atomic E-state index is 12.5. The largest absolute Gasteiger partial charge is 0.478 e. The van der Waals surface area contributed by atoms with E-state index in [1.165, 1.54) is 7.11 Å². The van der Waals surface area contributed by atoms with Crippen molar-refractivity contribution in [1.82, 2.24) is 24.8 Å². The van der Waals surface area contributed by atoms with Gasteiger partial charge in [-0.1, -0.05) is 5.16 Å². The second-order valence-electron chi connectivity index (χ2n) is 6.05. The van der Waals surface area contributed by atoms with Crippen LogP contribution in [-0.4, -0.2) is 51.1 Å². The second kappa shape index (κ2) is 6.90. The number of piperidine rings is 1. The molecule has 9 heteroatoms. The van der Waals surface area contributed by atoms with E-state index in [9.17, 15) is 4.79 Å². The highest BCUT2D eigenvalue weighted by Crippen LogP contribution is 2.24. The molecule has 0 aromatic carbocycles. The fourth-order valence-corrected chi connectivity index (χ4v) is 2.98. The zero-order chi connectivity index (χ0) is 17.1. The number of nitrogens with one attached hydrogen (secondary N) is 1. The Morgan fingerprint density at radius 2 is 2.38 bits per heavy atom. The molecule has 0 aliphatic carbocycles. The number of urea groups is 1. The summed E-state index contributed by atoms with van der Waals surface area (Å²) in [6, 6.07) is -0.146. The van der Waals surface area contributed by atoms with Crippen molar-refractivity contribution < 1.29 is 14.1 Å². The van der Waals surface area contributed by atoms with Crippen LogP contribution in [-0.2, 0) is 13.5 Å². The van der Waals surface area contributed by atoms with Gasteiger partial charge in [0.1, 0.15) is 5.69 Å². The summed E-state index contributed by atoms with van der Waals surface area (Å²) in [7, 11) is 3.31. The predicted molar refractivity (Wildman–Crippen MR) is 85.8 cm³/mol. The summed E-state index contributed by atoms with van der Waals surface area (Å²) in [4.78, 5) is 18.6. The van der Waals surface area contributed by atoms with Crippen molar-refractivity contribution in [2.24, 2.45) is 13.0 Å². The van der Waals surface area contributed by atoms with E-state index in [1.54, 1.807) is 24.9 Å². The maximum Gasteiger partial charge on any atom is 0.322 e. The zero-order valence-electron chi connectivity index (χ0n) is 14.2. The van der Waals surface area contributed by atoms with Gasteiger partial charge in [-0.2, -0.15) is 4.98 Å². The molecule has 1 fully saturated rings. The number of amides is 2. The van der Waals surface area contributed by atoms with Gasteiger partial charge >= 0.3 is 6.03 Å². The van der Waals surface area contributed by atoms with Gasteiger partial charge in [0, 0.05) is 26.6 Å². The van der Waals surface area contributed by atoms with Crippen molar-refractivity contribution in [2.45, 2.75) is 26.2 Å². The summed E-state index contributed by atoms with van der Waals surface area (Å²) >= 11 is 0. The summed E-state index contributed by atoms with van der Waals surface area (Å²) in [5, 5.41) is 10.8. The van der Waals surface area contributed by atoms with E-state index in [-0.39, 0.29) is 6.03 Å². The lowest BCUT2D eigenvalue weighted by molar-refractivity contribution is 0.173. The van der Waals surface area contributed by atoms with Crippen LogP contribution in [0.15, 0.2) is 10.7 Å². The molecule has 1 N–H and O–H groups in total. The molecule has 0 bridgehead atoms. The van der Waals surface area contributed by atoms with Gasteiger partial charge in [-0.3, -0.25) is 4.68 Å². The summed E-state index contributed by atoms with van der Waals surface area (Å²) in [6.07, 6.45) is 4.41. The van der Waals surface area contributed by atoms with Crippen LogP contribution in [0.3, 0.4) is 0 Å². The SMILES string of the molecule is COc1nn(C)cc1NC(=O)N1CCCC(Cc2nc(C)no2)C1. The monoisotopic (exact) mass is 334 g/mol. The predicted octanol–water partition coefficient (Wildman–Crippen LogP) is 1.61. The summed E-state index contributed by atoms with van der Waals surface area (Å²) in [6.45, 7) is 3.19. The molecule has 3 heterocycles.